The number of anilines is 2. The maximum absolute atomic E-state index is 14.2. The van der Waals surface area contributed by atoms with Crippen LogP contribution < -0.4 is 14.5 Å². The van der Waals surface area contributed by atoms with Gasteiger partial charge < -0.3 is 24.3 Å². The van der Waals surface area contributed by atoms with E-state index < -0.39 is 35.6 Å². The summed E-state index contributed by atoms with van der Waals surface area (Å²) in [5.74, 6) is -1.64. The van der Waals surface area contributed by atoms with Crippen LogP contribution in [0.2, 0.25) is 0 Å². The van der Waals surface area contributed by atoms with Crippen LogP contribution in [0, 0.1) is 18.3 Å². The number of nitrogens with zero attached hydrogens (tertiary/aromatic N) is 6. The predicted octanol–water partition coefficient (Wildman–Crippen LogP) is 5.23. The van der Waals surface area contributed by atoms with Crippen molar-refractivity contribution in [1.82, 2.24) is 14.8 Å². The number of halogens is 4. The van der Waals surface area contributed by atoms with Crippen molar-refractivity contribution in [2.75, 3.05) is 49.6 Å². The highest BCUT2D eigenvalue weighted by Crippen LogP contribution is 2.43. The van der Waals surface area contributed by atoms with Crippen LogP contribution in [0.15, 0.2) is 30.6 Å². The zero-order valence-electron chi connectivity index (χ0n) is 25.5. The minimum Gasteiger partial charge on any atom is -0.475 e. The molecule has 1 unspecified atom stereocenters. The molecule has 0 spiro atoms. The molecule has 2 aromatic rings. The zero-order valence-corrected chi connectivity index (χ0v) is 25.5. The van der Waals surface area contributed by atoms with E-state index in [1.165, 1.54) is 24.0 Å². The first-order valence-electron chi connectivity index (χ1n) is 14.9. The van der Waals surface area contributed by atoms with E-state index in [2.05, 4.69) is 17.5 Å². The van der Waals surface area contributed by atoms with Gasteiger partial charge in [0.15, 0.2) is 5.83 Å². The number of hydrogen-bond acceptors (Lipinski definition) is 7. The number of benzene rings is 1. The number of aryl methyl sites for hydroxylation is 1. The Labute approximate surface area is 255 Å². The molecule has 2 saturated heterocycles. The molecule has 12 heteroatoms. The second-order valence-corrected chi connectivity index (χ2v) is 12.1. The van der Waals surface area contributed by atoms with E-state index in [1.807, 2.05) is 25.8 Å². The Morgan fingerprint density at radius 1 is 1.18 bits per heavy atom. The van der Waals surface area contributed by atoms with Gasteiger partial charge in [0.2, 0.25) is 5.88 Å². The number of piperazine rings is 1. The highest BCUT2D eigenvalue weighted by molar-refractivity contribution is 5.91. The van der Waals surface area contributed by atoms with E-state index in [0.29, 0.717) is 37.5 Å². The first-order chi connectivity index (χ1) is 20.8. The largest absolute Gasteiger partial charge is 0.475 e. The van der Waals surface area contributed by atoms with Crippen LogP contribution in [0.25, 0.3) is 0 Å². The summed E-state index contributed by atoms with van der Waals surface area (Å²) in [5, 5.41) is 10.4. The third-order valence-electron chi connectivity index (χ3n) is 9.07. The number of likely N-dealkylation sites (tertiary alicyclic amines) is 1. The number of carbonyl (C=O) groups is 1. The van der Waals surface area contributed by atoms with Crippen LogP contribution >= 0.6 is 0 Å². The summed E-state index contributed by atoms with van der Waals surface area (Å²) in [6.07, 6.45) is -2.19. The normalized spacial score (nSPS) is 22.5. The minimum absolute atomic E-state index is 0.0896. The van der Waals surface area contributed by atoms with Gasteiger partial charge in [0.25, 0.3) is 5.91 Å². The Morgan fingerprint density at radius 2 is 1.89 bits per heavy atom. The minimum atomic E-state index is -4.53. The molecule has 44 heavy (non-hydrogen) atoms. The van der Waals surface area contributed by atoms with Gasteiger partial charge in [0.1, 0.15) is 18.2 Å². The Balaban J connectivity index is 1.56. The molecular formula is C32H38F4N6O2. The van der Waals surface area contributed by atoms with Crippen molar-refractivity contribution in [1.29, 1.82) is 5.26 Å². The van der Waals surface area contributed by atoms with E-state index in [-0.39, 0.29) is 41.8 Å². The lowest BCUT2D eigenvalue weighted by Gasteiger charge is -2.46. The lowest BCUT2D eigenvalue weighted by molar-refractivity contribution is -0.137. The van der Waals surface area contributed by atoms with Crippen molar-refractivity contribution in [3.8, 4) is 11.9 Å². The maximum atomic E-state index is 14.2. The monoisotopic (exact) mass is 614 g/mol. The summed E-state index contributed by atoms with van der Waals surface area (Å²) in [7, 11) is 2.02. The third-order valence-corrected chi connectivity index (χ3v) is 9.07. The summed E-state index contributed by atoms with van der Waals surface area (Å²) in [6, 6.07) is 6.22. The lowest BCUT2D eigenvalue weighted by Crippen LogP contribution is -2.59. The van der Waals surface area contributed by atoms with Gasteiger partial charge in [-0.15, -0.1) is 0 Å². The van der Waals surface area contributed by atoms with Gasteiger partial charge in [0.05, 0.1) is 23.5 Å². The number of carbonyl (C=O) groups excluding carboxylic acids is 1. The molecule has 1 amide bonds. The number of nitriles is 1. The van der Waals surface area contributed by atoms with Crippen molar-refractivity contribution in [3.05, 3.63) is 58.6 Å². The van der Waals surface area contributed by atoms with E-state index >= 15 is 0 Å². The van der Waals surface area contributed by atoms with E-state index in [0.717, 1.165) is 24.9 Å². The van der Waals surface area contributed by atoms with Gasteiger partial charge >= 0.3 is 6.18 Å². The summed E-state index contributed by atoms with van der Waals surface area (Å²) in [6.45, 7) is 10.6. The number of aromatic nitrogens is 1. The highest BCUT2D eigenvalue weighted by atomic mass is 19.4. The van der Waals surface area contributed by atoms with Crippen molar-refractivity contribution in [2.45, 2.75) is 70.9 Å². The van der Waals surface area contributed by atoms with Crippen LogP contribution in [0.5, 0.6) is 5.88 Å². The SMILES string of the molecule is C=C(F)C(=O)N1[C@H](C)CN(c2c(C#N)c(OCC3CCCN3C)nc3c2CCN(c2cccc(C)c2C(F)(F)F)C3)C[C@@H]1C. The molecule has 3 atom stereocenters. The number of hydrogen-bond donors (Lipinski definition) is 0. The summed E-state index contributed by atoms with van der Waals surface area (Å²) < 4.78 is 62.5. The molecule has 3 aliphatic rings. The topological polar surface area (TPSA) is 75.9 Å². The molecule has 3 aliphatic heterocycles. The van der Waals surface area contributed by atoms with Crippen LogP contribution in [-0.4, -0.2) is 78.7 Å². The van der Waals surface area contributed by atoms with Gasteiger partial charge in [-0.25, -0.2) is 9.37 Å². The Hall–Kier alpha value is -3.85. The molecule has 4 heterocycles. The number of alkyl halides is 3. The van der Waals surface area contributed by atoms with Crippen molar-refractivity contribution < 1.29 is 27.1 Å². The second-order valence-electron chi connectivity index (χ2n) is 12.1. The fraction of sp³-hybridized carbons (Fsp3) is 0.531. The molecule has 8 nitrogen and oxygen atoms in total. The van der Waals surface area contributed by atoms with Gasteiger partial charge in [-0.2, -0.15) is 18.4 Å². The van der Waals surface area contributed by atoms with Gasteiger partial charge in [-0.3, -0.25) is 4.79 Å². The molecule has 0 aliphatic carbocycles. The van der Waals surface area contributed by atoms with Crippen LogP contribution in [0.3, 0.4) is 0 Å². The van der Waals surface area contributed by atoms with Crippen molar-refractivity contribution in [3.63, 3.8) is 0 Å². The standard InChI is InChI=1S/C32H38F4N6O2/c1-19-8-6-10-27(28(19)32(34,35)36)40-13-11-24-26(17-40)38-30(44-18-23-9-7-12-39(23)5)25(14-37)29(24)41-15-20(2)42(21(3)16-41)31(43)22(4)33/h6,8,10,20-21,23H,4,7,9,11-13,15-18H2,1-3,5H3/t20-,21+,23?. The Kier molecular flexibility index (Phi) is 8.80. The summed E-state index contributed by atoms with van der Waals surface area (Å²) >= 11 is 0. The van der Waals surface area contributed by atoms with Gasteiger partial charge in [-0.1, -0.05) is 18.7 Å². The highest BCUT2D eigenvalue weighted by Gasteiger charge is 2.40. The lowest BCUT2D eigenvalue weighted by atomic mass is 9.95. The first kappa shape index (κ1) is 31.6. The number of ether oxygens (including phenoxy) is 1. The van der Waals surface area contributed by atoms with Gasteiger partial charge in [0, 0.05) is 49.0 Å². The molecule has 0 N–H and O–H groups in total. The smallest absolute Gasteiger partial charge is 0.418 e. The Morgan fingerprint density at radius 3 is 2.48 bits per heavy atom. The Bertz CT molecular complexity index is 1480. The molecular weight excluding hydrogens is 576 g/mol. The summed E-state index contributed by atoms with van der Waals surface area (Å²) in [5.41, 5.74) is 1.77. The molecule has 1 aromatic heterocycles. The number of pyridine rings is 1. The van der Waals surface area contributed by atoms with Crippen LogP contribution in [0.4, 0.5) is 28.9 Å². The quantitative estimate of drug-likeness (QED) is 0.326. The summed E-state index contributed by atoms with van der Waals surface area (Å²) in [4.78, 5) is 24.7. The number of amides is 1. The molecule has 236 valence electrons. The van der Waals surface area contributed by atoms with Crippen LogP contribution in [-0.2, 0) is 23.9 Å². The van der Waals surface area contributed by atoms with E-state index in [4.69, 9.17) is 9.72 Å². The number of rotatable bonds is 6. The molecule has 1 aromatic carbocycles. The van der Waals surface area contributed by atoms with Crippen LogP contribution in [0.1, 0.15) is 54.6 Å². The molecule has 0 radical (unpaired) electrons. The van der Waals surface area contributed by atoms with E-state index in [9.17, 15) is 27.6 Å². The fourth-order valence-corrected chi connectivity index (χ4v) is 6.99. The second kappa shape index (κ2) is 12.3. The average molecular weight is 615 g/mol. The predicted molar refractivity (Wildman–Crippen MR) is 159 cm³/mol. The number of likely N-dealkylation sites (N-methyl/N-ethyl adjacent to an activating group) is 1. The molecule has 5 rings (SSSR count). The number of fused-ring (bicyclic) bond motifs is 1. The van der Waals surface area contributed by atoms with Gasteiger partial charge in [-0.05, 0) is 65.3 Å². The third kappa shape index (κ3) is 5.94. The maximum Gasteiger partial charge on any atom is 0.418 e. The van der Waals surface area contributed by atoms with E-state index in [1.54, 1.807) is 11.0 Å². The molecule has 0 saturated carbocycles. The molecule has 0 bridgehead atoms. The fourth-order valence-electron chi connectivity index (χ4n) is 6.99. The average Bonchev–Trinajstić information content (AvgIpc) is 3.37. The molecule has 2 fully saturated rings. The van der Waals surface area contributed by atoms with Crippen molar-refractivity contribution >= 4 is 17.3 Å². The first-order valence-corrected chi connectivity index (χ1v) is 14.9. The zero-order chi connectivity index (χ0) is 31.9. The van der Waals surface area contributed by atoms with Crippen molar-refractivity contribution in [2.24, 2.45) is 0 Å².